The van der Waals surface area contributed by atoms with Crippen molar-refractivity contribution in [3.8, 4) is 11.3 Å². The highest BCUT2D eigenvalue weighted by Crippen LogP contribution is 2.27. The minimum Gasteiger partial charge on any atom is -0.383 e. The van der Waals surface area contributed by atoms with Gasteiger partial charge in [-0.15, -0.1) is 0 Å². The summed E-state index contributed by atoms with van der Waals surface area (Å²) in [5.74, 6) is 0.337. The Morgan fingerprint density at radius 3 is 2.59 bits per heavy atom. The van der Waals surface area contributed by atoms with Crippen LogP contribution >= 0.6 is 0 Å². The highest BCUT2D eigenvalue weighted by molar-refractivity contribution is 5.70. The van der Waals surface area contributed by atoms with Gasteiger partial charge in [0.15, 0.2) is 0 Å². The molecule has 17 heavy (non-hydrogen) atoms. The van der Waals surface area contributed by atoms with Crippen molar-refractivity contribution in [1.29, 1.82) is 0 Å². The maximum atomic E-state index is 13.5. The van der Waals surface area contributed by atoms with E-state index in [1.54, 1.807) is 19.3 Å². The van der Waals surface area contributed by atoms with Crippen LogP contribution in [0.5, 0.6) is 0 Å². The molecule has 0 aliphatic rings. The number of rotatable bonds is 2. The smallest absolute Gasteiger partial charge is 0.131 e. The molecule has 3 nitrogen and oxygen atoms in total. The summed E-state index contributed by atoms with van der Waals surface area (Å²) in [6.07, 6.45) is 1.69. The van der Waals surface area contributed by atoms with Crippen molar-refractivity contribution in [1.82, 2.24) is 9.55 Å². The lowest BCUT2D eigenvalue weighted by Crippen LogP contribution is -2.04. The Hall–Kier alpha value is -1.84. The van der Waals surface area contributed by atoms with Gasteiger partial charge in [-0.05, 0) is 32.4 Å². The number of aromatic nitrogens is 2. The number of nitrogen functional groups attached to an aromatic ring is 1. The molecule has 0 aliphatic heterocycles. The number of hydrogen-bond donors (Lipinski definition) is 1. The Labute approximate surface area is 100 Å². The Kier molecular flexibility index (Phi) is 2.88. The van der Waals surface area contributed by atoms with Gasteiger partial charge in [-0.3, -0.25) is 0 Å². The van der Waals surface area contributed by atoms with Gasteiger partial charge in [-0.25, -0.2) is 9.37 Å². The van der Waals surface area contributed by atoms with E-state index in [-0.39, 0.29) is 11.9 Å². The lowest BCUT2D eigenvalue weighted by atomic mass is 10.1. The molecule has 0 fully saturated rings. The Morgan fingerprint density at radius 2 is 2.06 bits per heavy atom. The van der Waals surface area contributed by atoms with E-state index in [1.807, 2.05) is 24.5 Å². The lowest BCUT2D eigenvalue weighted by Gasteiger charge is -2.09. The predicted octanol–water partition coefficient (Wildman–Crippen LogP) is 3.16. The molecule has 90 valence electrons. The molecule has 1 aromatic heterocycles. The van der Waals surface area contributed by atoms with Gasteiger partial charge in [0.2, 0.25) is 0 Å². The third-order valence-electron chi connectivity index (χ3n) is 2.83. The van der Waals surface area contributed by atoms with Crippen molar-refractivity contribution in [3.05, 3.63) is 35.9 Å². The average Bonchev–Trinajstić information content (AvgIpc) is 2.64. The Morgan fingerprint density at radius 1 is 1.35 bits per heavy atom. The molecule has 0 saturated carbocycles. The van der Waals surface area contributed by atoms with Crippen LogP contribution in [0.2, 0.25) is 0 Å². The fraction of sp³-hybridized carbons (Fsp3) is 0.308. The fourth-order valence-electron chi connectivity index (χ4n) is 1.74. The maximum Gasteiger partial charge on any atom is 0.131 e. The number of benzene rings is 1. The van der Waals surface area contributed by atoms with Crippen LogP contribution in [-0.4, -0.2) is 9.55 Å². The number of aryl methyl sites for hydroxylation is 1. The first-order valence-electron chi connectivity index (χ1n) is 5.59. The molecular formula is C13H16FN3. The van der Waals surface area contributed by atoms with E-state index in [0.717, 1.165) is 0 Å². The summed E-state index contributed by atoms with van der Waals surface area (Å²) in [7, 11) is 0. The van der Waals surface area contributed by atoms with E-state index in [9.17, 15) is 4.39 Å². The van der Waals surface area contributed by atoms with Crippen molar-refractivity contribution in [3.63, 3.8) is 0 Å². The first kappa shape index (κ1) is 11.6. The molecular weight excluding hydrogens is 217 g/mol. The number of nitrogens with two attached hydrogens (primary N) is 1. The fourth-order valence-corrected chi connectivity index (χ4v) is 1.74. The van der Waals surface area contributed by atoms with Crippen LogP contribution in [0.1, 0.15) is 25.5 Å². The van der Waals surface area contributed by atoms with E-state index in [4.69, 9.17) is 5.73 Å². The molecule has 0 radical (unpaired) electrons. The molecule has 2 N–H and O–H groups in total. The first-order chi connectivity index (χ1) is 8.00. The minimum absolute atomic E-state index is 0.235. The monoisotopic (exact) mass is 233 g/mol. The van der Waals surface area contributed by atoms with Gasteiger partial charge in [-0.1, -0.05) is 12.1 Å². The average molecular weight is 233 g/mol. The molecule has 2 rings (SSSR count). The molecule has 1 heterocycles. The number of imidazole rings is 1. The van der Waals surface area contributed by atoms with E-state index in [2.05, 4.69) is 4.98 Å². The summed E-state index contributed by atoms with van der Waals surface area (Å²) in [5, 5.41) is 0. The van der Waals surface area contributed by atoms with Gasteiger partial charge in [0, 0.05) is 11.6 Å². The van der Waals surface area contributed by atoms with Crippen LogP contribution in [0.4, 0.5) is 10.2 Å². The summed E-state index contributed by atoms with van der Waals surface area (Å²) in [4.78, 5) is 4.25. The van der Waals surface area contributed by atoms with Gasteiger partial charge < -0.3 is 10.3 Å². The standard InChI is InChI=1S/C13H16FN3/c1-8(2)17-7-16-12(13(17)15)10-5-4-9(3)11(14)6-10/h4-8H,15H2,1-3H3. The Bertz CT molecular complexity index is 544. The van der Waals surface area contributed by atoms with E-state index >= 15 is 0 Å². The predicted molar refractivity (Wildman–Crippen MR) is 67.2 cm³/mol. The lowest BCUT2D eigenvalue weighted by molar-refractivity contribution is 0.607. The summed E-state index contributed by atoms with van der Waals surface area (Å²) in [6.45, 7) is 5.78. The largest absolute Gasteiger partial charge is 0.383 e. The summed E-state index contributed by atoms with van der Waals surface area (Å²) < 4.78 is 15.4. The topological polar surface area (TPSA) is 43.8 Å². The van der Waals surface area contributed by atoms with E-state index in [0.29, 0.717) is 22.6 Å². The van der Waals surface area contributed by atoms with Crippen LogP contribution in [0.25, 0.3) is 11.3 Å². The van der Waals surface area contributed by atoms with Crippen LogP contribution in [0, 0.1) is 12.7 Å². The number of hydrogen-bond acceptors (Lipinski definition) is 2. The second kappa shape index (κ2) is 4.20. The molecule has 1 aromatic carbocycles. The minimum atomic E-state index is -0.235. The maximum absolute atomic E-state index is 13.5. The van der Waals surface area contributed by atoms with Gasteiger partial charge in [0.05, 0.1) is 6.33 Å². The van der Waals surface area contributed by atoms with E-state index < -0.39 is 0 Å². The molecule has 2 aromatic rings. The molecule has 4 heteroatoms. The summed E-state index contributed by atoms with van der Waals surface area (Å²) in [5.41, 5.74) is 7.97. The molecule has 0 aliphatic carbocycles. The van der Waals surface area contributed by atoms with Crippen LogP contribution < -0.4 is 5.73 Å². The molecule has 0 bridgehead atoms. The van der Waals surface area contributed by atoms with Crippen LogP contribution in [-0.2, 0) is 0 Å². The third kappa shape index (κ3) is 2.02. The van der Waals surface area contributed by atoms with Gasteiger partial charge in [-0.2, -0.15) is 0 Å². The van der Waals surface area contributed by atoms with E-state index in [1.165, 1.54) is 6.07 Å². The Balaban J connectivity index is 2.50. The summed E-state index contributed by atoms with van der Waals surface area (Å²) in [6, 6.07) is 5.28. The highest BCUT2D eigenvalue weighted by atomic mass is 19.1. The van der Waals surface area contributed by atoms with Gasteiger partial charge in [0.25, 0.3) is 0 Å². The van der Waals surface area contributed by atoms with Crippen LogP contribution in [0.15, 0.2) is 24.5 Å². The van der Waals surface area contributed by atoms with Crippen molar-refractivity contribution >= 4 is 5.82 Å². The van der Waals surface area contributed by atoms with Crippen molar-refractivity contribution in [2.45, 2.75) is 26.8 Å². The van der Waals surface area contributed by atoms with Crippen molar-refractivity contribution in [2.24, 2.45) is 0 Å². The highest BCUT2D eigenvalue weighted by Gasteiger charge is 2.12. The zero-order valence-corrected chi connectivity index (χ0v) is 10.2. The SMILES string of the molecule is Cc1ccc(-c2ncn(C(C)C)c2N)cc1F. The first-order valence-corrected chi connectivity index (χ1v) is 5.59. The van der Waals surface area contributed by atoms with Crippen molar-refractivity contribution < 1.29 is 4.39 Å². The molecule has 0 amide bonds. The summed E-state index contributed by atoms with van der Waals surface area (Å²) >= 11 is 0. The van der Waals surface area contributed by atoms with Crippen LogP contribution in [0.3, 0.4) is 0 Å². The molecule has 0 atom stereocenters. The number of halogens is 1. The molecule has 0 unspecified atom stereocenters. The third-order valence-corrected chi connectivity index (χ3v) is 2.83. The zero-order valence-electron chi connectivity index (χ0n) is 10.2. The second-order valence-electron chi connectivity index (χ2n) is 4.44. The zero-order chi connectivity index (χ0) is 12.6. The van der Waals surface area contributed by atoms with Gasteiger partial charge >= 0.3 is 0 Å². The molecule has 0 spiro atoms. The quantitative estimate of drug-likeness (QED) is 0.865. The molecule has 0 saturated heterocycles. The van der Waals surface area contributed by atoms with Gasteiger partial charge in [0.1, 0.15) is 17.3 Å². The number of anilines is 1. The number of nitrogens with zero attached hydrogens (tertiary/aromatic N) is 2. The normalized spacial score (nSPS) is 11.1. The van der Waals surface area contributed by atoms with Crippen molar-refractivity contribution in [2.75, 3.05) is 5.73 Å². The second-order valence-corrected chi connectivity index (χ2v) is 4.44.